The molecule has 0 atom stereocenters. The van der Waals surface area contributed by atoms with Crippen LogP contribution in [0.25, 0.3) is 23.0 Å². The van der Waals surface area contributed by atoms with Gasteiger partial charge in [-0.25, -0.2) is 4.68 Å². The molecule has 0 aliphatic carbocycles. The number of aromatic nitrogens is 2. The number of hydrogen-bond acceptors (Lipinski definition) is 3. The van der Waals surface area contributed by atoms with Crippen molar-refractivity contribution in [3.8, 4) is 16.9 Å². The predicted molar refractivity (Wildman–Crippen MR) is 166 cm³/mol. The van der Waals surface area contributed by atoms with E-state index in [-0.39, 0.29) is 11.9 Å². The lowest BCUT2D eigenvalue weighted by Crippen LogP contribution is -2.49. The highest BCUT2D eigenvalue weighted by Crippen LogP contribution is 2.30. The zero-order valence-electron chi connectivity index (χ0n) is 23.3. The second kappa shape index (κ2) is 12.2. The molecular formula is C36H34N4O. The van der Waals surface area contributed by atoms with Crippen LogP contribution in [0.4, 0.5) is 0 Å². The molecule has 5 nitrogen and oxygen atoms in total. The fourth-order valence-corrected chi connectivity index (χ4v) is 5.51. The minimum absolute atomic E-state index is 0.0305. The van der Waals surface area contributed by atoms with E-state index in [9.17, 15) is 4.79 Å². The Morgan fingerprint density at radius 3 is 1.88 bits per heavy atom. The van der Waals surface area contributed by atoms with Gasteiger partial charge in [-0.1, -0.05) is 109 Å². The molecule has 41 heavy (non-hydrogen) atoms. The first-order valence-corrected chi connectivity index (χ1v) is 14.2. The van der Waals surface area contributed by atoms with Gasteiger partial charge in [0.25, 0.3) is 0 Å². The van der Waals surface area contributed by atoms with Gasteiger partial charge in [-0.3, -0.25) is 9.69 Å². The standard InChI is InChI=1S/C36H34N4O/c1-28-17-19-29(20-18-28)35-32(27-40(37-35)33-15-9-4-10-16-33)21-22-34(41)38-23-25-39(26-24-38)36(30-11-5-2-6-12-30)31-13-7-3-8-14-31/h2-22,27,36H,23-26H2,1H3/b22-21+. The third kappa shape index (κ3) is 6.06. The van der Waals surface area contributed by atoms with Crippen LogP contribution in [0.3, 0.4) is 0 Å². The lowest BCUT2D eigenvalue weighted by molar-refractivity contribution is -0.127. The molecule has 5 aromatic rings. The molecule has 5 heteroatoms. The number of carbonyl (C=O) groups excluding carboxylic acids is 1. The van der Waals surface area contributed by atoms with Gasteiger partial charge in [0.1, 0.15) is 0 Å². The Morgan fingerprint density at radius 1 is 0.732 bits per heavy atom. The number of carbonyl (C=O) groups is 1. The van der Waals surface area contributed by atoms with Crippen LogP contribution < -0.4 is 0 Å². The van der Waals surface area contributed by atoms with Gasteiger partial charge in [-0.2, -0.15) is 5.10 Å². The molecule has 1 aliphatic heterocycles. The Hall–Kier alpha value is -4.74. The molecule has 2 heterocycles. The van der Waals surface area contributed by atoms with Gasteiger partial charge >= 0.3 is 0 Å². The molecule has 1 aromatic heterocycles. The monoisotopic (exact) mass is 538 g/mol. The number of aryl methyl sites for hydroxylation is 1. The first-order valence-electron chi connectivity index (χ1n) is 14.2. The number of para-hydroxylation sites is 1. The van der Waals surface area contributed by atoms with E-state index >= 15 is 0 Å². The highest BCUT2D eigenvalue weighted by atomic mass is 16.2. The molecule has 0 unspecified atom stereocenters. The minimum atomic E-state index is 0.0305. The SMILES string of the molecule is Cc1ccc(-c2nn(-c3ccccc3)cc2/C=C/C(=O)N2CCN(C(c3ccccc3)c3ccccc3)CC2)cc1. The van der Waals surface area contributed by atoms with Crippen molar-refractivity contribution in [1.82, 2.24) is 19.6 Å². The maximum Gasteiger partial charge on any atom is 0.246 e. The smallest absolute Gasteiger partial charge is 0.246 e. The summed E-state index contributed by atoms with van der Waals surface area (Å²) in [6.07, 6.45) is 5.61. The van der Waals surface area contributed by atoms with Crippen LogP contribution in [0, 0.1) is 6.92 Å². The van der Waals surface area contributed by atoms with Crippen LogP contribution in [0.5, 0.6) is 0 Å². The Kier molecular flexibility index (Phi) is 7.88. The molecule has 1 amide bonds. The molecule has 0 spiro atoms. The van der Waals surface area contributed by atoms with Crippen LogP contribution in [0.15, 0.2) is 128 Å². The number of amides is 1. The zero-order chi connectivity index (χ0) is 28.0. The molecule has 0 N–H and O–H groups in total. The molecule has 0 radical (unpaired) electrons. The molecule has 6 rings (SSSR count). The van der Waals surface area contributed by atoms with Gasteiger partial charge < -0.3 is 4.90 Å². The Balaban J connectivity index is 1.19. The minimum Gasteiger partial charge on any atom is -0.337 e. The third-order valence-corrected chi connectivity index (χ3v) is 7.72. The fourth-order valence-electron chi connectivity index (χ4n) is 5.51. The number of piperazine rings is 1. The van der Waals surface area contributed by atoms with Gasteiger partial charge in [-0.15, -0.1) is 0 Å². The number of hydrogen-bond donors (Lipinski definition) is 0. The summed E-state index contributed by atoms with van der Waals surface area (Å²) in [5.41, 5.74) is 7.53. The lowest BCUT2D eigenvalue weighted by atomic mass is 9.96. The molecule has 1 aliphatic rings. The van der Waals surface area contributed by atoms with E-state index in [1.54, 1.807) is 6.08 Å². The van der Waals surface area contributed by atoms with Crippen LogP contribution in [0.2, 0.25) is 0 Å². The van der Waals surface area contributed by atoms with E-state index in [1.165, 1.54) is 16.7 Å². The number of benzene rings is 4. The number of nitrogens with zero attached hydrogens (tertiary/aromatic N) is 4. The van der Waals surface area contributed by atoms with Crippen molar-refractivity contribution in [2.45, 2.75) is 13.0 Å². The summed E-state index contributed by atoms with van der Waals surface area (Å²) in [4.78, 5) is 17.8. The topological polar surface area (TPSA) is 41.4 Å². The predicted octanol–water partition coefficient (Wildman–Crippen LogP) is 6.79. The highest BCUT2D eigenvalue weighted by Gasteiger charge is 2.27. The van der Waals surface area contributed by atoms with Crippen LogP contribution in [0.1, 0.15) is 28.3 Å². The van der Waals surface area contributed by atoms with Gasteiger partial charge in [0.05, 0.1) is 17.4 Å². The van der Waals surface area contributed by atoms with Crippen molar-refractivity contribution in [2.75, 3.05) is 26.2 Å². The summed E-state index contributed by atoms with van der Waals surface area (Å²) in [6, 6.07) is 39.9. The summed E-state index contributed by atoms with van der Waals surface area (Å²) in [5, 5.41) is 4.89. The number of rotatable bonds is 7. The van der Waals surface area contributed by atoms with Gasteiger partial charge in [0, 0.05) is 49.6 Å². The lowest BCUT2D eigenvalue weighted by Gasteiger charge is -2.39. The van der Waals surface area contributed by atoms with Crippen molar-refractivity contribution in [3.05, 3.63) is 150 Å². The molecule has 204 valence electrons. The second-order valence-electron chi connectivity index (χ2n) is 10.5. The summed E-state index contributed by atoms with van der Waals surface area (Å²) in [5.74, 6) is 0.0305. The van der Waals surface area contributed by atoms with E-state index in [4.69, 9.17) is 5.10 Å². The maximum absolute atomic E-state index is 13.4. The third-order valence-electron chi connectivity index (χ3n) is 7.72. The van der Waals surface area contributed by atoms with E-state index in [0.717, 1.165) is 35.6 Å². The van der Waals surface area contributed by atoms with Gasteiger partial charge in [0.2, 0.25) is 5.91 Å². The molecule has 0 bridgehead atoms. The zero-order valence-corrected chi connectivity index (χ0v) is 23.3. The summed E-state index contributed by atoms with van der Waals surface area (Å²) < 4.78 is 1.88. The first-order chi connectivity index (χ1) is 20.2. The van der Waals surface area contributed by atoms with Crippen LogP contribution >= 0.6 is 0 Å². The molecule has 1 saturated heterocycles. The summed E-state index contributed by atoms with van der Waals surface area (Å²) in [6.45, 7) is 5.08. The maximum atomic E-state index is 13.4. The second-order valence-corrected chi connectivity index (χ2v) is 10.5. The normalized spacial score (nSPS) is 14.1. The van der Waals surface area contributed by atoms with Gasteiger partial charge in [0.15, 0.2) is 0 Å². The van der Waals surface area contributed by atoms with Crippen molar-refractivity contribution >= 4 is 12.0 Å². The van der Waals surface area contributed by atoms with E-state index < -0.39 is 0 Å². The van der Waals surface area contributed by atoms with Crippen LogP contribution in [-0.4, -0.2) is 51.7 Å². The summed E-state index contributed by atoms with van der Waals surface area (Å²) in [7, 11) is 0. The Morgan fingerprint density at radius 2 is 1.29 bits per heavy atom. The van der Waals surface area contributed by atoms with E-state index in [0.29, 0.717) is 13.1 Å². The first kappa shape index (κ1) is 26.5. The highest BCUT2D eigenvalue weighted by molar-refractivity contribution is 5.93. The molecule has 4 aromatic carbocycles. The quantitative estimate of drug-likeness (QED) is 0.214. The average molecular weight is 539 g/mol. The molecular weight excluding hydrogens is 504 g/mol. The Bertz CT molecular complexity index is 1560. The summed E-state index contributed by atoms with van der Waals surface area (Å²) >= 11 is 0. The van der Waals surface area contributed by atoms with Crippen molar-refractivity contribution < 1.29 is 4.79 Å². The average Bonchev–Trinajstić information content (AvgIpc) is 3.46. The fraction of sp³-hybridized carbons (Fsp3) is 0.167. The van der Waals surface area contributed by atoms with Crippen molar-refractivity contribution in [3.63, 3.8) is 0 Å². The molecule has 0 saturated carbocycles. The van der Waals surface area contributed by atoms with Crippen molar-refractivity contribution in [1.29, 1.82) is 0 Å². The largest absolute Gasteiger partial charge is 0.337 e. The van der Waals surface area contributed by atoms with E-state index in [2.05, 4.69) is 96.8 Å². The van der Waals surface area contributed by atoms with Crippen LogP contribution in [-0.2, 0) is 4.79 Å². The van der Waals surface area contributed by atoms with Gasteiger partial charge in [-0.05, 0) is 36.3 Å². The Labute approximate surface area is 242 Å². The van der Waals surface area contributed by atoms with Crippen molar-refractivity contribution in [2.24, 2.45) is 0 Å². The van der Waals surface area contributed by atoms with E-state index in [1.807, 2.05) is 52.2 Å². The molecule has 1 fully saturated rings.